The van der Waals surface area contributed by atoms with Crippen LogP contribution in [0, 0.1) is 11.3 Å². The third-order valence-electron chi connectivity index (χ3n) is 3.69. The molecule has 110 valence electrons. The van der Waals surface area contributed by atoms with Crippen molar-refractivity contribution in [3.63, 3.8) is 0 Å². The Hall–Kier alpha value is -2.05. The maximum atomic E-state index is 9.32. The van der Waals surface area contributed by atoms with Crippen molar-refractivity contribution in [1.82, 2.24) is 5.32 Å². The van der Waals surface area contributed by atoms with Crippen molar-refractivity contribution < 1.29 is 0 Å². The van der Waals surface area contributed by atoms with E-state index >= 15 is 0 Å². The molecule has 0 amide bonds. The monoisotopic (exact) mass is 281 g/mol. The first-order chi connectivity index (χ1) is 10.3. The first-order valence-electron chi connectivity index (χ1n) is 7.65. The Morgan fingerprint density at radius 1 is 1.14 bits per heavy atom. The highest BCUT2D eigenvalue weighted by atomic mass is 15.1. The van der Waals surface area contributed by atoms with Crippen LogP contribution in [-0.2, 0) is 0 Å². The zero-order valence-corrected chi connectivity index (χ0v) is 12.8. The van der Waals surface area contributed by atoms with Crippen LogP contribution < -0.4 is 10.2 Å². The molecule has 0 saturated carbocycles. The summed E-state index contributed by atoms with van der Waals surface area (Å²) in [5.41, 5.74) is 1.20. The molecular weight excluding hydrogens is 258 g/mol. The molecule has 0 aliphatic heterocycles. The van der Waals surface area contributed by atoms with Crippen molar-refractivity contribution >= 4 is 16.5 Å². The highest BCUT2D eigenvalue weighted by Gasteiger charge is 2.14. The molecule has 0 fully saturated rings. The number of nitrogens with one attached hydrogen (secondary N) is 1. The molecule has 21 heavy (non-hydrogen) atoms. The van der Waals surface area contributed by atoms with Gasteiger partial charge < -0.3 is 10.2 Å². The van der Waals surface area contributed by atoms with Gasteiger partial charge in [-0.3, -0.25) is 0 Å². The fourth-order valence-electron chi connectivity index (χ4n) is 2.57. The van der Waals surface area contributed by atoms with Crippen LogP contribution in [-0.4, -0.2) is 25.7 Å². The van der Waals surface area contributed by atoms with E-state index in [9.17, 15) is 5.26 Å². The molecule has 0 heterocycles. The summed E-state index contributed by atoms with van der Waals surface area (Å²) in [6, 6.07) is 17.0. The Bertz CT molecular complexity index is 610. The van der Waals surface area contributed by atoms with E-state index in [2.05, 4.69) is 72.6 Å². The summed E-state index contributed by atoms with van der Waals surface area (Å²) >= 11 is 0. The van der Waals surface area contributed by atoms with Gasteiger partial charge in [0.15, 0.2) is 0 Å². The van der Waals surface area contributed by atoms with Gasteiger partial charge >= 0.3 is 0 Å². The number of likely N-dealkylation sites (N-methyl/N-ethyl adjacent to an activating group) is 1. The van der Waals surface area contributed by atoms with Gasteiger partial charge in [-0.1, -0.05) is 43.3 Å². The number of hydrogen-bond acceptors (Lipinski definition) is 3. The molecule has 0 radical (unpaired) electrons. The average molecular weight is 281 g/mol. The SMILES string of the molecule is CCCNC(C#N)CN(CC)c1cccc2ccccc12. The fourth-order valence-corrected chi connectivity index (χ4v) is 2.57. The summed E-state index contributed by atoms with van der Waals surface area (Å²) in [7, 11) is 0. The van der Waals surface area contributed by atoms with Crippen molar-refractivity contribution in [2.45, 2.75) is 26.3 Å². The lowest BCUT2D eigenvalue weighted by molar-refractivity contribution is 0.583. The number of benzene rings is 2. The lowest BCUT2D eigenvalue weighted by Gasteiger charge is -2.27. The highest BCUT2D eigenvalue weighted by molar-refractivity contribution is 5.94. The Morgan fingerprint density at radius 3 is 2.62 bits per heavy atom. The van der Waals surface area contributed by atoms with Gasteiger partial charge in [-0.05, 0) is 31.3 Å². The Morgan fingerprint density at radius 2 is 1.90 bits per heavy atom. The van der Waals surface area contributed by atoms with Crippen LogP contribution in [0.4, 0.5) is 5.69 Å². The van der Waals surface area contributed by atoms with E-state index in [1.807, 2.05) is 0 Å². The van der Waals surface area contributed by atoms with Crippen LogP contribution in [0.15, 0.2) is 42.5 Å². The lowest BCUT2D eigenvalue weighted by atomic mass is 10.1. The van der Waals surface area contributed by atoms with Crippen LogP contribution in [0.1, 0.15) is 20.3 Å². The predicted octanol–water partition coefficient (Wildman–Crippen LogP) is 3.56. The molecule has 2 rings (SSSR count). The maximum absolute atomic E-state index is 9.32. The maximum Gasteiger partial charge on any atom is 0.113 e. The van der Waals surface area contributed by atoms with Gasteiger partial charge in [0.2, 0.25) is 0 Å². The number of fused-ring (bicyclic) bond motifs is 1. The van der Waals surface area contributed by atoms with E-state index in [0.29, 0.717) is 6.54 Å². The van der Waals surface area contributed by atoms with Crippen LogP contribution in [0.5, 0.6) is 0 Å². The molecule has 1 unspecified atom stereocenters. The molecular formula is C18H23N3. The molecule has 0 aromatic heterocycles. The minimum atomic E-state index is -0.135. The third-order valence-corrected chi connectivity index (χ3v) is 3.69. The van der Waals surface area contributed by atoms with E-state index in [0.717, 1.165) is 19.5 Å². The Labute approximate surface area is 127 Å². The quantitative estimate of drug-likeness (QED) is 0.843. The van der Waals surface area contributed by atoms with Crippen LogP contribution >= 0.6 is 0 Å². The average Bonchev–Trinajstić information content (AvgIpc) is 2.55. The standard InChI is InChI=1S/C18H23N3/c1-3-12-20-16(13-19)14-21(4-2)18-11-7-9-15-8-5-6-10-17(15)18/h5-11,16,20H,3-4,12,14H2,1-2H3. The van der Waals surface area contributed by atoms with Crippen molar-refractivity contribution in [2.24, 2.45) is 0 Å². The number of nitriles is 1. The summed E-state index contributed by atoms with van der Waals surface area (Å²) in [6.45, 7) is 6.73. The minimum absolute atomic E-state index is 0.135. The van der Waals surface area contributed by atoms with Crippen LogP contribution in [0.3, 0.4) is 0 Å². The van der Waals surface area contributed by atoms with E-state index < -0.39 is 0 Å². The summed E-state index contributed by atoms with van der Waals surface area (Å²) < 4.78 is 0. The molecule has 1 N–H and O–H groups in total. The highest BCUT2D eigenvalue weighted by Crippen LogP contribution is 2.26. The van der Waals surface area contributed by atoms with Gasteiger partial charge in [0.1, 0.15) is 6.04 Å². The Balaban J connectivity index is 2.25. The molecule has 0 saturated heterocycles. The second-order valence-corrected chi connectivity index (χ2v) is 5.17. The topological polar surface area (TPSA) is 39.1 Å². The first kappa shape index (κ1) is 15.3. The number of rotatable bonds is 7. The first-order valence-corrected chi connectivity index (χ1v) is 7.65. The van der Waals surface area contributed by atoms with Crippen LogP contribution in [0.25, 0.3) is 10.8 Å². The molecule has 0 aliphatic carbocycles. The van der Waals surface area contributed by atoms with Gasteiger partial charge in [-0.2, -0.15) is 5.26 Å². The number of hydrogen-bond donors (Lipinski definition) is 1. The molecule has 0 aliphatic rings. The number of nitrogens with zero attached hydrogens (tertiary/aromatic N) is 2. The predicted molar refractivity (Wildman–Crippen MR) is 89.5 cm³/mol. The molecule has 3 nitrogen and oxygen atoms in total. The minimum Gasteiger partial charge on any atom is -0.369 e. The second kappa shape index (κ2) is 7.66. The van der Waals surface area contributed by atoms with E-state index in [1.54, 1.807) is 0 Å². The summed E-state index contributed by atoms with van der Waals surface area (Å²) in [5.74, 6) is 0. The van der Waals surface area contributed by atoms with Crippen molar-refractivity contribution in [1.29, 1.82) is 5.26 Å². The molecule has 0 spiro atoms. The molecule has 0 bridgehead atoms. The number of anilines is 1. The van der Waals surface area contributed by atoms with Gasteiger partial charge in [-0.25, -0.2) is 0 Å². The fraction of sp³-hybridized carbons (Fsp3) is 0.389. The largest absolute Gasteiger partial charge is 0.369 e. The summed E-state index contributed by atoms with van der Waals surface area (Å²) in [5, 5.41) is 15.1. The molecule has 2 aromatic rings. The smallest absolute Gasteiger partial charge is 0.113 e. The van der Waals surface area contributed by atoms with Gasteiger partial charge in [0.05, 0.1) is 6.07 Å². The van der Waals surface area contributed by atoms with Crippen molar-refractivity contribution in [3.8, 4) is 6.07 Å². The molecule has 2 aromatic carbocycles. The summed E-state index contributed by atoms with van der Waals surface area (Å²) in [6.07, 6.45) is 1.04. The molecule has 1 atom stereocenters. The van der Waals surface area contributed by atoms with E-state index in [4.69, 9.17) is 0 Å². The molecule has 3 heteroatoms. The van der Waals surface area contributed by atoms with Gasteiger partial charge in [0.25, 0.3) is 0 Å². The second-order valence-electron chi connectivity index (χ2n) is 5.17. The van der Waals surface area contributed by atoms with E-state index in [-0.39, 0.29) is 6.04 Å². The normalized spacial score (nSPS) is 12.0. The third kappa shape index (κ3) is 3.74. The summed E-state index contributed by atoms with van der Waals surface area (Å²) in [4.78, 5) is 2.28. The zero-order chi connectivity index (χ0) is 15.1. The zero-order valence-electron chi connectivity index (χ0n) is 12.8. The van der Waals surface area contributed by atoms with Crippen LogP contribution in [0.2, 0.25) is 0 Å². The van der Waals surface area contributed by atoms with Crippen molar-refractivity contribution in [3.05, 3.63) is 42.5 Å². The van der Waals surface area contributed by atoms with Crippen molar-refractivity contribution in [2.75, 3.05) is 24.5 Å². The van der Waals surface area contributed by atoms with E-state index in [1.165, 1.54) is 16.5 Å². The van der Waals surface area contributed by atoms with Gasteiger partial charge in [-0.15, -0.1) is 0 Å². The lowest BCUT2D eigenvalue weighted by Crippen LogP contribution is -2.40. The Kier molecular flexibility index (Phi) is 5.59. The van der Waals surface area contributed by atoms with Gasteiger partial charge in [0, 0.05) is 24.2 Å².